The number of ether oxygens (including phenoxy) is 1. The number of benzene rings is 1. The molecule has 0 atom stereocenters. The summed E-state index contributed by atoms with van der Waals surface area (Å²) in [7, 11) is 0. The van der Waals surface area contributed by atoms with Crippen LogP contribution in [0.3, 0.4) is 0 Å². The van der Waals surface area contributed by atoms with Gasteiger partial charge in [0.1, 0.15) is 11.4 Å². The van der Waals surface area contributed by atoms with Crippen molar-refractivity contribution in [3.63, 3.8) is 0 Å². The number of esters is 1. The van der Waals surface area contributed by atoms with E-state index in [1.54, 1.807) is 6.07 Å². The first-order valence-electron chi connectivity index (χ1n) is 8.78. The normalized spacial score (nSPS) is 20.6. The third kappa shape index (κ3) is 3.84. The third-order valence-electron chi connectivity index (χ3n) is 5.17. The highest BCUT2D eigenvalue weighted by Crippen LogP contribution is 2.35. The minimum atomic E-state index is -0.401. The summed E-state index contributed by atoms with van der Waals surface area (Å²) < 4.78 is 5.43. The molecule has 3 nitrogen and oxygen atoms in total. The lowest BCUT2D eigenvalue weighted by Gasteiger charge is -2.26. The molecule has 0 N–H and O–H groups in total. The molecule has 126 valence electrons. The molecule has 3 rings (SSSR count). The van der Waals surface area contributed by atoms with Crippen molar-refractivity contribution in [3.8, 4) is 5.75 Å². The van der Waals surface area contributed by atoms with E-state index in [-0.39, 0.29) is 0 Å². The van der Waals surface area contributed by atoms with Crippen LogP contribution in [0.25, 0.3) is 0 Å². The number of hydrogen-bond acceptors (Lipinski definition) is 3. The van der Waals surface area contributed by atoms with Gasteiger partial charge >= 0.3 is 5.97 Å². The van der Waals surface area contributed by atoms with Gasteiger partial charge in [-0.2, -0.15) is 0 Å². The Morgan fingerprint density at radius 3 is 2.42 bits per heavy atom. The molecule has 2 aromatic rings. The Morgan fingerprint density at radius 1 is 1.04 bits per heavy atom. The van der Waals surface area contributed by atoms with Crippen molar-refractivity contribution in [1.29, 1.82) is 0 Å². The number of aromatic nitrogens is 1. The predicted octanol–water partition coefficient (Wildman–Crippen LogP) is 5.21. The van der Waals surface area contributed by atoms with Crippen molar-refractivity contribution in [3.05, 3.63) is 58.9 Å². The van der Waals surface area contributed by atoms with Crippen LogP contribution in [0, 0.1) is 19.8 Å². The van der Waals surface area contributed by atoms with Crippen LogP contribution in [-0.2, 0) is 0 Å². The van der Waals surface area contributed by atoms with Crippen LogP contribution in [0.15, 0.2) is 36.5 Å². The first kappa shape index (κ1) is 16.7. The molecule has 0 aliphatic heterocycles. The van der Waals surface area contributed by atoms with Gasteiger partial charge in [-0.15, -0.1) is 0 Å². The Morgan fingerprint density at radius 2 is 1.79 bits per heavy atom. The lowest BCUT2D eigenvalue weighted by molar-refractivity contribution is 0.0728. The molecule has 24 heavy (non-hydrogen) atoms. The average molecular weight is 323 g/mol. The summed E-state index contributed by atoms with van der Waals surface area (Å²) in [5.41, 5.74) is 3.89. The third-order valence-corrected chi connectivity index (χ3v) is 5.17. The van der Waals surface area contributed by atoms with Crippen LogP contribution >= 0.6 is 0 Å². The van der Waals surface area contributed by atoms with Gasteiger partial charge in [0.25, 0.3) is 0 Å². The summed E-state index contributed by atoms with van der Waals surface area (Å²) in [6.45, 7) is 6.36. The highest BCUT2D eigenvalue weighted by molar-refractivity contribution is 5.89. The second-order valence-corrected chi connectivity index (χ2v) is 7.07. The number of nitrogens with zero attached hydrogens (tertiary/aromatic N) is 1. The maximum atomic E-state index is 12.3. The Hall–Kier alpha value is -2.16. The Bertz CT molecular complexity index is 713. The van der Waals surface area contributed by atoms with Crippen molar-refractivity contribution in [1.82, 2.24) is 4.98 Å². The van der Waals surface area contributed by atoms with E-state index in [1.807, 2.05) is 44.3 Å². The summed E-state index contributed by atoms with van der Waals surface area (Å²) in [6, 6.07) is 9.47. The quantitative estimate of drug-likeness (QED) is 0.575. The summed E-state index contributed by atoms with van der Waals surface area (Å²) in [6.07, 6.45) is 6.84. The van der Waals surface area contributed by atoms with Crippen molar-refractivity contribution in [2.45, 2.75) is 52.4 Å². The standard InChI is InChI=1S/C21H25NO2/c1-14-4-7-17(8-5-14)18-9-11-20(22-13-18)21(23)24-19-10-6-15(2)16(3)12-19/h6,9-14,17H,4-5,7-8H2,1-3H3. The van der Waals surface area contributed by atoms with Gasteiger partial charge in [0.05, 0.1) is 0 Å². The molecule has 0 amide bonds. The molecule has 1 aromatic carbocycles. The van der Waals surface area contributed by atoms with Crippen molar-refractivity contribution < 1.29 is 9.53 Å². The van der Waals surface area contributed by atoms with E-state index >= 15 is 0 Å². The van der Waals surface area contributed by atoms with Gasteiger partial charge in [-0.25, -0.2) is 9.78 Å². The fraction of sp³-hybridized carbons (Fsp3) is 0.429. The van der Waals surface area contributed by atoms with Gasteiger partial charge in [0.15, 0.2) is 0 Å². The smallest absolute Gasteiger partial charge is 0.362 e. The highest BCUT2D eigenvalue weighted by atomic mass is 16.5. The minimum absolute atomic E-state index is 0.362. The summed E-state index contributed by atoms with van der Waals surface area (Å²) in [4.78, 5) is 16.6. The maximum Gasteiger partial charge on any atom is 0.362 e. The van der Waals surface area contributed by atoms with Gasteiger partial charge in [0, 0.05) is 6.20 Å². The second-order valence-electron chi connectivity index (χ2n) is 7.07. The zero-order chi connectivity index (χ0) is 17.1. The Balaban J connectivity index is 1.66. The topological polar surface area (TPSA) is 39.2 Å². The van der Waals surface area contributed by atoms with Crippen LogP contribution < -0.4 is 4.74 Å². The van der Waals surface area contributed by atoms with Gasteiger partial charge in [-0.1, -0.05) is 31.9 Å². The average Bonchev–Trinajstić information content (AvgIpc) is 2.59. The van der Waals surface area contributed by atoms with Crippen molar-refractivity contribution in [2.75, 3.05) is 0 Å². The number of aryl methyl sites for hydroxylation is 2. The molecule has 1 aromatic heterocycles. The number of rotatable bonds is 3. The van der Waals surface area contributed by atoms with E-state index in [0.717, 1.165) is 11.5 Å². The molecule has 1 aliphatic rings. The lowest BCUT2D eigenvalue weighted by atomic mass is 9.80. The number of pyridine rings is 1. The molecule has 1 saturated carbocycles. The second kappa shape index (κ2) is 7.16. The molecular formula is C21H25NO2. The lowest BCUT2D eigenvalue weighted by Crippen LogP contribution is -2.13. The zero-order valence-electron chi connectivity index (χ0n) is 14.7. The minimum Gasteiger partial charge on any atom is -0.422 e. The summed E-state index contributed by atoms with van der Waals surface area (Å²) >= 11 is 0. The zero-order valence-corrected chi connectivity index (χ0v) is 14.7. The fourth-order valence-corrected chi connectivity index (χ4v) is 3.30. The number of carbonyl (C=O) groups is 1. The number of hydrogen-bond donors (Lipinski definition) is 0. The van der Waals surface area contributed by atoms with Crippen LogP contribution in [0.4, 0.5) is 0 Å². The molecule has 0 bridgehead atoms. The molecule has 0 unspecified atom stereocenters. The van der Waals surface area contributed by atoms with Crippen LogP contribution in [0.5, 0.6) is 5.75 Å². The van der Waals surface area contributed by atoms with E-state index in [4.69, 9.17) is 4.74 Å². The van der Waals surface area contributed by atoms with Crippen LogP contribution in [0.2, 0.25) is 0 Å². The Kier molecular flexibility index (Phi) is 4.98. The van der Waals surface area contributed by atoms with Gasteiger partial charge in [-0.3, -0.25) is 0 Å². The van der Waals surface area contributed by atoms with Crippen LogP contribution in [-0.4, -0.2) is 11.0 Å². The fourth-order valence-electron chi connectivity index (χ4n) is 3.30. The molecule has 1 fully saturated rings. The first-order chi connectivity index (χ1) is 11.5. The SMILES string of the molecule is Cc1ccc(OC(=O)c2ccc(C3CCC(C)CC3)cn2)cc1C. The Labute approximate surface area is 144 Å². The number of carbonyl (C=O) groups excluding carboxylic acids is 1. The molecule has 0 radical (unpaired) electrons. The van der Waals surface area contributed by atoms with Crippen molar-refractivity contribution >= 4 is 5.97 Å². The predicted molar refractivity (Wildman–Crippen MR) is 95.5 cm³/mol. The summed E-state index contributed by atoms with van der Waals surface area (Å²) in [5, 5.41) is 0. The van der Waals surface area contributed by atoms with E-state index in [9.17, 15) is 4.79 Å². The van der Waals surface area contributed by atoms with E-state index in [2.05, 4.69) is 11.9 Å². The van der Waals surface area contributed by atoms with E-state index < -0.39 is 5.97 Å². The monoisotopic (exact) mass is 323 g/mol. The molecule has 3 heteroatoms. The molecule has 0 saturated heterocycles. The molecular weight excluding hydrogens is 298 g/mol. The van der Waals surface area contributed by atoms with E-state index in [1.165, 1.54) is 36.8 Å². The van der Waals surface area contributed by atoms with Gasteiger partial charge < -0.3 is 4.74 Å². The van der Waals surface area contributed by atoms with Crippen molar-refractivity contribution in [2.24, 2.45) is 5.92 Å². The summed E-state index contributed by atoms with van der Waals surface area (Å²) in [5.74, 6) is 1.58. The largest absolute Gasteiger partial charge is 0.422 e. The maximum absolute atomic E-state index is 12.3. The first-order valence-corrected chi connectivity index (χ1v) is 8.78. The molecule has 1 aliphatic carbocycles. The van der Waals surface area contributed by atoms with Gasteiger partial charge in [-0.05, 0) is 73.4 Å². The van der Waals surface area contributed by atoms with E-state index in [0.29, 0.717) is 17.4 Å². The van der Waals surface area contributed by atoms with Gasteiger partial charge in [0.2, 0.25) is 0 Å². The van der Waals surface area contributed by atoms with Crippen LogP contribution in [0.1, 0.15) is 65.7 Å². The molecule has 0 spiro atoms. The highest BCUT2D eigenvalue weighted by Gasteiger charge is 2.20. The molecule has 1 heterocycles.